The highest BCUT2D eigenvalue weighted by Crippen LogP contribution is 2.26. The zero-order chi connectivity index (χ0) is 12.8. The van der Waals surface area contributed by atoms with E-state index in [-0.39, 0.29) is 0 Å². The van der Waals surface area contributed by atoms with E-state index in [0.29, 0.717) is 6.04 Å². The molecule has 0 aromatic heterocycles. The Morgan fingerprint density at radius 2 is 1.83 bits per heavy atom. The molecular formula is C16H24IN. The van der Waals surface area contributed by atoms with Crippen molar-refractivity contribution in [3.63, 3.8) is 0 Å². The number of benzene rings is 1. The van der Waals surface area contributed by atoms with E-state index < -0.39 is 0 Å². The van der Waals surface area contributed by atoms with Crippen molar-refractivity contribution >= 4 is 22.6 Å². The van der Waals surface area contributed by atoms with Crippen LogP contribution in [0.3, 0.4) is 0 Å². The van der Waals surface area contributed by atoms with Crippen molar-refractivity contribution in [3.05, 3.63) is 33.4 Å². The zero-order valence-corrected chi connectivity index (χ0v) is 13.4. The van der Waals surface area contributed by atoms with Crippen molar-refractivity contribution in [2.45, 2.75) is 51.5 Å². The van der Waals surface area contributed by atoms with Gasteiger partial charge in [-0.15, -0.1) is 0 Å². The van der Waals surface area contributed by atoms with Gasteiger partial charge < -0.3 is 5.32 Å². The molecule has 1 fully saturated rings. The Bertz CT molecular complexity index is 341. The summed E-state index contributed by atoms with van der Waals surface area (Å²) in [6.45, 7) is 3.43. The highest BCUT2D eigenvalue weighted by molar-refractivity contribution is 14.1. The van der Waals surface area contributed by atoms with Crippen LogP contribution in [-0.4, -0.2) is 6.54 Å². The van der Waals surface area contributed by atoms with Crippen molar-refractivity contribution in [2.24, 2.45) is 5.92 Å². The third kappa shape index (κ3) is 4.54. The van der Waals surface area contributed by atoms with Gasteiger partial charge in [-0.1, -0.05) is 44.2 Å². The lowest BCUT2D eigenvalue weighted by Crippen LogP contribution is -2.22. The standard InChI is InChI=1S/C16H24IN/c1-13(15-7-9-16(17)10-8-15)18-12-11-14-5-3-2-4-6-14/h7-10,13-14,18H,2-6,11-12H2,1H3. The molecule has 100 valence electrons. The Labute approximate surface area is 125 Å². The predicted octanol–water partition coefficient (Wildman–Crippen LogP) is 4.91. The molecule has 1 aliphatic rings. The van der Waals surface area contributed by atoms with Crippen LogP contribution in [0.2, 0.25) is 0 Å². The lowest BCUT2D eigenvalue weighted by molar-refractivity contribution is 0.329. The average Bonchev–Trinajstić information content (AvgIpc) is 2.40. The van der Waals surface area contributed by atoms with Gasteiger partial charge in [0.15, 0.2) is 0 Å². The van der Waals surface area contributed by atoms with Gasteiger partial charge in [0.1, 0.15) is 0 Å². The van der Waals surface area contributed by atoms with E-state index >= 15 is 0 Å². The summed E-state index contributed by atoms with van der Waals surface area (Å²) in [5.74, 6) is 0.982. The van der Waals surface area contributed by atoms with Gasteiger partial charge in [-0.05, 0) is 66.1 Å². The molecule has 1 aromatic rings. The predicted molar refractivity (Wildman–Crippen MR) is 86.8 cm³/mol. The quantitative estimate of drug-likeness (QED) is 0.738. The number of hydrogen-bond donors (Lipinski definition) is 1. The average molecular weight is 357 g/mol. The fourth-order valence-corrected chi connectivity index (χ4v) is 3.21. The van der Waals surface area contributed by atoms with Crippen molar-refractivity contribution in [1.82, 2.24) is 5.32 Å². The first kappa shape index (κ1) is 14.3. The number of hydrogen-bond acceptors (Lipinski definition) is 1. The van der Waals surface area contributed by atoms with E-state index in [4.69, 9.17) is 0 Å². The maximum atomic E-state index is 3.66. The molecule has 1 unspecified atom stereocenters. The smallest absolute Gasteiger partial charge is 0.0291 e. The van der Waals surface area contributed by atoms with Gasteiger partial charge >= 0.3 is 0 Å². The Hall–Kier alpha value is -0.0900. The minimum Gasteiger partial charge on any atom is -0.310 e. The van der Waals surface area contributed by atoms with Gasteiger partial charge in [0.25, 0.3) is 0 Å². The topological polar surface area (TPSA) is 12.0 Å². The minimum absolute atomic E-state index is 0.477. The summed E-state index contributed by atoms with van der Waals surface area (Å²) in [6, 6.07) is 9.33. The lowest BCUT2D eigenvalue weighted by atomic mass is 9.87. The minimum atomic E-state index is 0.477. The summed E-state index contributed by atoms with van der Waals surface area (Å²) in [5, 5.41) is 3.66. The molecule has 0 bridgehead atoms. The first-order valence-corrected chi connectivity index (χ1v) is 8.32. The second kappa shape index (κ2) is 7.49. The first-order chi connectivity index (χ1) is 8.75. The van der Waals surface area contributed by atoms with Crippen molar-refractivity contribution in [2.75, 3.05) is 6.54 Å². The molecular weight excluding hydrogens is 333 g/mol. The molecule has 0 radical (unpaired) electrons. The molecule has 1 aromatic carbocycles. The van der Waals surface area contributed by atoms with Gasteiger partial charge in [-0.25, -0.2) is 0 Å². The molecule has 1 saturated carbocycles. The fourth-order valence-electron chi connectivity index (χ4n) is 2.85. The maximum Gasteiger partial charge on any atom is 0.0291 e. The van der Waals surface area contributed by atoms with Crippen LogP contribution in [0.1, 0.15) is 57.1 Å². The molecule has 0 saturated heterocycles. The summed E-state index contributed by atoms with van der Waals surface area (Å²) in [7, 11) is 0. The second-order valence-electron chi connectivity index (χ2n) is 5.52. The summed E-state index contributed by atoms with van der Waals surface area (Å²) in [6.07, 6.45) is 8.64. The molecule has 0 aliphatic heterocycles. The molecule has 0 amide bonds. The Balaban J connectivity index is 1.70. The van der Waals surface area contributed by atoms with Crippen molar-refractivity contribution < 1.29 is 0 Å². The van der Waals surface area contributed by atoms with Crippen LogP contribution in [0.5, 0.6) is 0 Å². The van der Waals surface area contributed by atoms with E-state index in [1.165, 1.54) is 47.7 Å². The van der Waals surface area contributed by atoms with E-state index in [9.17, 15) is 0 Å². The van der Waals surface area contributed by atoms with Gasteiger partial charge in [0, 0.05) is 9.61 Å². The van der Waals surface area contributed by atoms with Crippen molar-refractivity contribution in [1.29, 1.82) is 0 Å². The summed E-state index contributed by atoms with van der Waals surface area (Å²) >= 11 is 2.36. The van der Waals surface area contributed by atoms with Gasteiger partial charge in [-0.3, -0.25) is 0 Å². The van der Waals surface area contributed by atoms with Crippen LogP contribution in [0, 0.1) is 9.49 Å². The molecule has 0 spiro atoms. The molecule has 1 atom stereocenters. The molecule has 1 nitrogen and oxygen atoms in total. The van der Waals surface area contributed by atoms with Crippen molar-refractivity contribution in [3.8, 4) is 0 Å². The lowest BCUT2D eigenvalue weighted by Gasteiger charge is -2.22. The first-order valence-electron chi connectivity index (χ1n) is 7.24. The van der Waals surface area contributed by atoms with Crippen LogP contribution in [0.15, 0.2) is 24.3 Å². The van der Waals surface area contributed by atoms with Crippen LogP contribution in [0.4, 0.5) is 0 Å². The van der Waals surface area contributed by atoms with Crippen LogP contribution >= 0.6 is 22.6 Å². The SMILES string of the molecule is CC(NCCC1CCCCC1)c1ccc(I)cc1. The van der Waals surface area contributed by atoms with E-state index in [0.717, 1.165) is 12.5 Å². The molecule has 18 heavy (non-hydrogen) atoms. The third-order valence-corrected chi connectivity index (χ3v) is 4.82. The van der Waals surface area contributed by atoms with Gasteiger partial charge in [0.05, 0.1) is 0 Å². The van der Waals surface area contributed by atoms with E-state index in [2.05, 4.69) is 59.1 Å². The van der Waals surface area contributed by atoms with Crippen LogP contribution < -0.4 is 5.32 Å². The Kier molecular flexibility index (Phi) is 5.96. The highest BCUT2D eigenvalue weighted by Gasteiger charge is 2.13. The van der Waals surface area contributed by atoms with Gasteiger partial charge in [-0.2, -0.15) is 0 Å². The zero-order valence-electron chi connectivity index (χ0n) is 11.3. The second-order valence-corrected chi connectivity index (χ2v) is 6.77. The number of halogens is 1. The largest absolute Gasteiger partial charge is 0.310 e. The summed E-state index contributed by atoms with van der Waals surface area (Å²) < 4.78 is 1.31. The normalized spacial score (nSPS) is 18.8. The number of rotatable bonds is 5. The Morgan fingerprint density at radius 3 is 2.50 bits per heavy atom. The maximum absolute atomic E-state index is 3.66. The molecule has 0 heterocycles. The van der Waals surface area contributed by atoms with Crippen LogP contribution in [-0.2, 0) is 0 Å². The Morgan fingerprint density at radius 1 is 1.17 bits per heavy atom. The monoisotopic (exact) mass is 357 g/mol. The molecule has 2 heteroatoms. The molecule has 2 rings (SSSR count). The molecule has 1 aliphatic carbocycles. The summed E-state index contributed by atoms with van der Waals surface area (Å²) in [5.41, 5.74) is 1.40. The fraction of sp³-hybridized carbons (Fsp3) is 0.625. The molecule has 1 N–H and O–H groups in total. The third-order valence-electron chi connectivity index (χ3n) is 4.10. The van der Waals surface area contributed by atoms with Gasteiger partial charge in [0.2, 0.25) is 0 Å². The van der Waals surface area contributed by atoms with Crippen LogP contribution in [0.25, 0.3) is 0 Å². The summed E-state index contributed by atoms with van der Waals surface area (Å²) in [4.78, 5) is 0. The number of nitrogens with one attached hydrogen (secondary N) is 1. The highest BCUT2D eigenvalue weighted by atomic mass is 127. The van der Waals surface area contributed by atoms with E-state index in [1.807, 2.05) is 0 Å². The van der Waals surface area contributed by atoms with E-state index in [1.54, 1.807) is 0 Å².